The number of carbonyl (C=O) groups excluding carboxylic acids is 1. The molecule has 0 atom stereocenters. The van der Waals surface area contributed by atoms with Gasteiger partial charge >= 0.3 is 0 Å². The van der Waals surface area contributed by atoms with Crippen molar-refractivity contribution in [3.8, 4) is 0 Å². The zero-order valence-electron chi connectivity index (χ0n) is 12.0. The standard InChI is InChI=1S/C14H16F2N4O/c1-7-10(8(2)20(3)19-7)6-18-14(21)9-4-11(15)12(16)5-13(9)17/h4-5H,6,17H2,1-3H3,(H,18,21). The van der Waals surface area contributed by atoms with Gasteiger partial charge in [0.05, 0.1) is 11.3 Å². The van der Waals surface area contributed by atoms with Crippen molar-refractivity contribution >= 4 is 11.6 Å². The van der Waals surface area contributed by atoms with Crippen LogP contribution in [0.25, 0.3) is 0 Å². The molecule has 1 aromatic heterocycles. The second kappa shape index (κ2) is 5.51. The van der Waals surface area contributed by atoms with Gasteiger partial charge in [-0.05, 0) is 19.9 Å². The van der Waals surface area contributed by atoms with Gasteiger partial charge in [-0.25, -0.2) is 8.78 Å². The van der Waals surface area contributed by atoms with Crippen LogP contribution in [-0.2, 0) is 13.6 Å². The van der Waals surface area contributed by atoms with Crippen molar-refractivity contribution in [3.63, 3.8) is 0 Å². The molecular formula is C14H16F2N4O. The summed E-state index contributed by atoms with van der Waals surface area (Å²) < 4.78 is 27.9. The number of benzene rings is 1. The molecule has 5 nitrogen and oxygen atoms in total. The third-order valence-electron chi connectivity index (χ3n) is 3.42. The number of carbonyl (C=O) groups is 1. The summed E-state index contributed by atoms with van der Waals surface area (Å²) in [6.07, 6.45) is 0. The van der Waals surface area contributed by atoms with Gasteiger partial charge in [-0.15, -0.1) is 0 Å². The fraction of sp³-hybridized carbons (Fsp3) is 0.286. The molecule has 2 aromatic rings. The Labute approximate surface area is 120 Å². The van der Waals surface area contributed by atoms with Crippen LogP contribution in [0, 0.1) is 25.5 Å². The van der Waals surface area contributed by atoms with Crippen molar-refractivity contribution in [2.24, 2.45) is 7.05 Å². The molecule has 1 amide bonds. The third kappa shape index (κ3) is 2.86. The predicted molar refractivity (Wildman–Crippen MR) is 74.6 cm³/mol. The predicted octanol–water partition coefficient (Wildman–Crippen LogP) is 1.83. The van der Waals surface area contributed by atoms with E-state index in [9.17, 15) is 13.6 Å². The molecule has 0 aliphatic heterocycles. The van der Waals surface area contributed by atoms with Gasteiger partial charge in [-0.3, -0.25) is 9.48 Å². The summed E-state index contributed by atoms with van der Waals surface area (Å²) >= 11 is 0. The number of aromatic nitrogens is 2. The largest absolute Gasteiger partial charge is 0.398 e. The maximum atomic E-state index is 13.2. The Morgan fingerprint density at radius 1 is 1.33 bits per heavy atom. The van der Waals surface area contributed by atoms with Crippen LogP contribution in [0.1, 0.15) is 27.3 Å². The average Bonchev–Trinajstić information content (AvgIpc) is 2.65. The van der Waals surface area contributed by atoms with E-state index < -0.39 is 17.5 Å². The van der Waals surface area contributed by atoms with E-state index in [1.54, 1.807) is 11.7 Å². The lowest BCUT2D eigenvalue weighted by Crippen LogP contribution is -2.24. The normalized spacial score (nSPS) is 10.7. The quantitative estimate of drug-likeness (QED) is 0.848. The summed E-state index contributed by atoms with van der Waals surface area (Å²) in [6.45, 7) is 3.95. The molecule has 0 bridgehead atoms. The number of amides is 1. The fourth-order valence-electron chi connectivity index (χ4n) is 2.10. The van der Waals surface area contributed by atoms with Crippen molar-refractivity contribution in [2.45, 2.75) is 20.4 Å². The van der Waals surface area contributed by atoms with Crippen molar-refractivity contribution in [1.29, 1.82) is 0 Å². The van der Waals surface area contributed by atoms with Crippen LogP contribution in [0.3, 0.4) is 0 Å². The number of nitrogen functional groups attached to an aromatic ring is 1. The smallest absolute Gasteiger partial charge is 0.253 e. The highest BCUT2D eigenvalue weighted by molar-refractivity contribution is 5.99. The van der Waals surface area contributed by atoms with Crippen LogP contribution in [0.15, 0.2) is 12.1 Å². The maximum absolute atomic E-state index is 13.2. The first kappa shape index (κ1) is 15.0. The summed E-state index contributed by atoms with van der Waals surface area (Å²) in [7, 11) is 1.81. The number of anilines is 1. The number of rotatable bonds is 3. The molecule has 0 spiro atoms. The Morgan fingerprint density at radius 3 is 2.52 bits per heavy atom. The van der Waals surface area contributed by atoms with E-state index in [2.05, 4.69) is 10.4 Å². The second-order valence-corrected chi connectivity index (χ2v) is 4.81. The summed E-state index contributed by atoms with van der Waals surface area (Å²) in [5.41, 5.74) is 7.95. The number of nitrogens with one attached hydrogen (secondary N) is 1. The first-order chi connectivity index (χ1) is 9.81. The first-order valence-corrected chi connectivity index (χ1v) is 6.33. The zero-order chi connectivity index (χ0) is 15.7. The second-order valence-electron chi connectivity index (χ2n) is 4.81. The topological polar surface area (TPSA) is 72.9 Å². The summed E-state index contributed by atoms with van der Waals surface area (Å²) in [5, 5.41) is 6.87. The molecule has 0 fully saturated rings. The van der Waals surface area contributed by atoms with Gasteiger partial charge in [-0.1, -0.05) is 0 Å². The lowest BCUT2D eigenvalue weighted by Gasteiger charge is -2.08. The highest BCUT2D eigenvalue weighted by Crippen LogP contribution is 2.17. The summed E-state index contributed by atoms with van der Waals surface area (Å²) in [6, 6.07) is 1.59. The number of halogens is 2. The van der Waals surface area contributed by atoms with Gasteiger partial charge in [0.1, 0.15) is 0 Å². The minimum Gasteiger partial charge on any atom is -0.398 e. The highest BCUT2D eigenvalue weighted by Gasteiger charge is 2.16. The van der Waals surface area contributed by atoms with E-state index in [0.717, 1.165) is 29.1 Å². The SMILES string of the molecule is Cc1nn(C)c(C)c1CNC(=O)c1cc(F)c(F)cc1N. The number of hydrogen-bond donors (Lipinski definition) is 2. The van der Waals surface area contributed by atoms with Crippen molar-refractivity contribution in [3.05, 3.63) is 46.3 Å². The lowest BCUT2D eigenvalue weighted by molar-refractivity contribution is 0.0951. The van der Waals surface area contributed by atoms with Crippen LogP contribution >= 0.6 is 0 Å². The van der Waals surface area contributed by atoms with Crippen molar-refractivity contribution in [2.75, 3.05) is 5.73 Å². The van der Waals surface area contributed by atoms with E-state index in [-0.39, 0.29) is 17.8 Å². The Bertz CT molecular complexity index is 709. The van der Waals surface area contributed by atoms with Crippen LogP contribution in [0.2, 0.25) is 0 Å². The minimum absolute atomic E-state index is 0.0897. The van der Waals surface area contributed by atoms with Crippen molar-refractivity contribution < 1.29 is 13.6 Å². The van der Waals surface area contributed by atoms with E-state index in [0.29, 0.717) is 0 Å². The summed E-state index contributed by atoms with van der Waals surface area (Å²) in [4.78, 5) is 12.0. The van der Waals surface area contributed by atoms with Gasteiger partial charge in [0.25, 0.3) is 5.91 Å². The van der Waals surface area contributed by atoms with Gasteiger partial charge in [0.15, 0.2) is 11.6 Å². The molecule has 21 heavy (non-hydrogen) atoms. The highest BCUT2D eigenvalue weighted by atomic mass is 19.2. The Morgan fingerprint density at radius 2 is 1.95 bits per heavy atom. The number of nitrogens with zero attached hydrogens (tertiary/aromatic N) is 2. The van der Waals surface area contributed by atoms with Crippen LogP contribution in [-0.4, -0.2) is 15.7 Å². The molecular weight excluding hydrogens is 278 g/mol. The fourth-order valence-corrected chi connectivity index (χ4v) is 2.10. The van der Waals surface area contributed by atoms with E-state index in [4.69, 9.17) is 5.73 Å². The van der Waals surface area contributed by atoms with E-state index in [1.165, 1.54) is 0 Å². The molecule has 0 radical (unpaired) electrons. The monoisotopic (exact) mass is 294 g/mol. The number of aryl methyl sites for hydroxylation is 2. The molecule has 0 aliphatic carbocycles. The van der Waals surface area contributed by atoms with Crippen LogP contribution in [0.4, 0.5) is 14.5 Å². The van der Waals surface area contributed by atoms with Gasteiger partial charge in [0.2, 0.25) is 0 Å². The van der Waals surface area contributed by atoms with E-state index in [1.807, 2.05) is 13.8 Å². The van der Waals surface area contributed by atoms with Gasteiger partial charge < -0.3 is 11.1 Å². The van der Waals surface area contributed by atoms with Gasteiger partial charge in [-0.2, -0.15) is 5.10 Å². The molecule has 0 saturated heterocycles. The molecule has 3 N–H and O–H groups in total. The van der Waals surface area contributed by atoms with Gasteiger partial charge in [0, 0.05) is 36.6 Å². The first-order valence-electron chi connectivity index (χ1n) is 6.33. The lowest BCUT2D eigenvalue weighted by atomic mass is 10.1. The van der Waals surface area contributed by atoms with Crippen LogP contribution in [0.5, 0.6) is 0 Å². The molecule has 7 heteroatoms. The molecule has 112 valence electrons. The molecule has 1 aromatic carbocycles. The molecule has 1 heterocycles. The third-order valence-corrected chi connectivity index (χ3v) is 3.42. The van der Waals surface area contributed by atoms with Crippen molar-refractivity contribution in [1.82, 2.24) is 15.1 Å². The molecule has 2 rings (SSSR count). The van der Waals surface area contributed by atoms with Crippen LogP contribution < -0.4 is 11.1 Å². The Hall–Kier alpha value is -2.44. The zero-order valence-corrected chi connectivity index (χ0v) is 12.0. The average molecular weight is 294 g/mol. The molecule has 0 unspecified atom stereocenters. The Kier molecular flexibility index (Phi) is 3.93. The summed E-state index contributed by atoms with van der Waals surface area (Å²) in [5.74, 6) is -2.75. The van der Waals surface area contributed by atoms with E-state index >= 15 is 0 Å². The Balaban J connectivity index is 2.17. The molecule has 0 saturated carbocycles. The number of hydrogen-bond acceptors (Lipinski definition) is 3. The molecule has 0 aliphatic rings. The maximum Gasteiger partial charge on any atom is 0.253 e. The minimum atomic E-state index is -1.11. The number of nitrogens with two attached hydrogens (primary N) is 1.